The minimum Gasteiger partial charge on any atom is -0.480 e. The summed E-state index contributed by atoms with van der Waals surface area (Å²) in [6.07, 6.45) is 10.3. The van der Waals surface area contributed by atoms with Crippen LogP contribution < -0.4 is 16.4 Å². The van der Waals surface area contributed by atoms with Crippen LogP contribution in [0.1, 0.15) is 85.5 Å². The number of nitrogens with zero attached hydrogens (tertiary/aromatic N) is 4. The van der Waals surface area contributed by atoms with Gasteiger partial charge in [-0.25, -0.2) is 0 Å². The van der Waals surface area contributed by atoms with Crippen LogP contribution in [0.3, 0.4) is 0 Å². The van der Waals surface area contributed by atoms with Crippen LogP contribution in [-0.4, -0.2) is 176 Å². The SMILES string of the molecule is CC.CC=O.CN.CNCCCCCC(C)=O.O=C(O)CN1CCN(CC(=O)O)CCN(CC(=O)NC2CCCCC2)CCN(CC(=O)O)CC1. The summed E-state index contributed by atoms with van der Waals surface area (Å²) in [7, 11) is 3.45. The molecule has 2 rings (SSSR count). The van der Waals surface area contributed by atoms with E-state index in [1.165, 1.54) is 33.2 Å². The number of hydrogen-bond donors (Lipinski definition) is 6. The topological polar surface area (TPSA) is 226 Å². The van der Waals surface area contributed by atoms with E-state index in [0.29, 0.717) is 58.1 Å². The van der Waals surface area contributed by atoms with Crippen molar-refractivity contribution < 1.29 is 44.1 Å². The minimum atomic E-state index is -0.989. The van der Waals surface area contributed by atoms with Crippen molar-refractivity contribution in [2.75, 3.05) is 99.2 Å². The molecule has 0 radical (unpaired) electrons. The highest BCUT2D eigenvalue weighted by Gasteiger charge is 2.22. The van der Waals surface area contributed by atoms with E-state index in [1.807, 2.05) is 25.8 Å². The molecule has 2 aliphatic rings. The lowest BCUT2D eigenvalue weighted by Crippen LogP contribution is -2.50. The van der Waals surface area contributed by atoms with Gasteiger partial charge in [-0.05, 0) is 60.2 Å². The quantitative estimate of drug-likeness (QED) is 0.102. The molecule has 0 aromatic heterocycles. The second kappa shape index (κ2) is 36.8. The second-order valence-corrected chi connectivity index (χ2v) is 12.0. The summed E-state index contributed by atoms with van der Waals surface area (Å²) >= 11 is 0. The van der Waals surface area contributed by atoms with Gasteiger partial charge in [0, 0.05) is 64.8 Å². The number of nitrogens with two attached hydrogens (primary N) is 1. The van der Waals surface area contributed by atoms with E-state index in [2.05, 4.69) is 16.4 Å². The zero-order valence-corrected chi connectivity index (χ0v) is 32.4. The van der Waals surface area contributed by atoms with Crippen LogP contribution in [0.2, 0.25) is 0 Å². The van der Waals surface area contributed by atoms with E-state index < -0.39 is 17.9 Å². The van der Waals surface area contributed by atoms with Crippen molar-refractivity contribution in [1.82, 2.24) is 30.2 Å². The van der Waals surface area contributed by atoms with E-state index >= 15 is 0 Å². The maximum Gasteiger partial charge on any atom is 0.317 e. The molecule has 1 aliphatic heterocycles. The van der Waals surface area contributed by atoms with E-state index in [4.69, 9.17) is 4.79 Å². The molecule has 1 saturated carbocycles. The van der Waals surface area contributed by atoms with E-state index in [9.17, 15) is 39.3 Å². The summed E-state index contributed by atoms with van der Waals surface area (Å²) in [6, 6.07) is 0.195. The number of carboxylic acid groups (broad SMARTS) is 3. The Balaban J connectivity index is -0.00000113. The molecule has 0 spiro atoms. The zero-order valence-electron chi connectivity index (χ0n) is 32.4. The number of unbranched alkanes of at least 4 members (excludes halogenated alkanes) is 2. The van der Waals surface area contributed by atoms with Crippen LogP contribution in [0, 0.1) is 0 Å². The molecule has 0 atom stereocenters. The molecule has 1 saturated heterocycles. The third-order valence-corrected chi connectivity index (χ3v) is 7.80. The molecule has 0 aromatic carbocycles. The van der Waals surface area contributed by atoms with Crippen molar-refractivity contribution in [3.8, 4) is 0 Å². The zero-order chi connectivity index (χ0) is 39.5. The molecule has 0 bridgehead atoms. The van der Waals surface area contributed by atoms with Gasteiger partial charge in [-0.3, -0.25) is 38.8 Å². The molecular formula is C35H71N7O9. The summed E-state index contributed by atoms with van der Waals surface area (Å²) in [5.74, 6) is -2.68. The Morgan fingerprint density at radius 2 is 1.02 bits per heavy atom. The number of aliphatic carboxylic acids is 3. The fourth-order valence-corrected chi connectivity index (χ4v) is 5.36. The first-order valence-electron chi connectivity index (χ1n) is 18.4. The van der Waals surface area contributed by atoms with Crippen LogP contribution in [0.25, 0.3) is 0 Å². The largest absolute Gasteiger partial charge is 0.480 e. The third-order valence-electron chi connectivity index (χ3n) is 7.80. The highest BCUT2D eigenvalue weighted by atomic mass is 16.4. The van der Waals surface area contributed by atoms with Gasteiger partial charge >= 0.3 is 17.9 Å². The highest BCUT2D eigenvalue weighted by molar-refractivity contribution is 5.78. The standard InChI is InChI=1S/C22H39N5O7.C8H17NO.C2H4O.C2H6.CH5N/c28-19(23-18-4-2-1-3-5-18)14-24-6-8-25(15-20(29)30)10-12-27(17-22(33)34)13-11-26(9-7-24)16-21(31)32;1-8(10)6-4-3-5-7-9-2;1-2-3;2*1-2/h18H,1-17H2,(H,23,28)(H,29,30)(H,31,32)(H,33,34);9H,3-7H2,1-2H3;2H,1H3;1-2H3;2H2,1H3. The van der Waals surface area contributed by atoms with Gasteiger partial charge in [-0.2, -0.15) is 0 Å². The van der Waals surface area contributed by atoms with Gasteiger partial charge in [-0.15, -0.1) is 0 Å². The Morgan fingerprint density at radius 1 is 0.667 bits per heavy atom. The maximum atomic E-state index is 12.7. The molecule has 51 heavy (non-hydrogen) atoms. The van der Waals surface area contributed by atoms with Gasteiger partial charge < -0.3 is 41.3 Å². The van der Waals surface area contributed by atoms with Crippen molar-refractivity contribution in [2.45, 2.75) is 91.5 Å². The summed E-state index contributed by atoms with van der Waals surface area (Å²) in [4.78, 5) is 73.0. The molecule has 1 aliphatic carbocycles. The fraction of sp³-hybridized carbons (Fsp3) is 0.829. The molecule has 1 amide bonds. The van der Waals surface area contributed by atoms with Crippen LogP contribution in [0.15, 0.2) is 0 Å². The lowest BCUT2D eigenvalue weighted by Gasteiger charge is -2.33. The Bertz CT molecular complexity index is 890. The summed E-state index contributed by atoms with van der Waals surface area (Å²) < 4.78 is 0. The predicted octanol–water partition coefficient (Wildman–Crippen LogP) is 1.07. The number of rotatable bonds is 15. The van der Waals surface area contributed by atoms with Crippen LogP contribution in [-0.2, 0) is 28.8 Å². The first kappa shape index (κ1) is 52.3. The van der Waals surface area contributed by atoms with Crippen LogP contribution in [0.4, 0.5) is 0 Å². The molecule has 300 valence electrons. The van der Waals surface area contributed by atoms with Crippen molar-refractivity contribution >= 4 is 35.9 Å². The van der Waals surface area contributed by atoms with Crippen LogP contribution >= 0.6 is 0 Å². The van der Waals surface area contributed by atoms with Gasteiger partial charge in [0.15, 0.2) is 0 Å². The fourth-order valence-electron chi connectivity index (χ4n) is 5.36. The molecule has 16 heteroatoms. The maximum absolute atomic E-state index is 12.7. The molecule has 16 nitrogen and oxygen atoms in total. The normalized spacial score (nSPS) is 16.6. The predicted molar refractivity (Wildman–Crippen MR) is 200 cm³/mol. The van der Waals surface area contributed by atoms with Gasteiger partial charge in [0.2, 0.25) is 5.91 Å². The highest BCUT2D eigenvalue weighted by Crippen LogP contribution is 2.17. The van der Waals surface area contributed by atoms with E-state index in [0.717, 1.165) is 51.4 Å². The lowest BCUT2D eigenvalue weighted by molar-refractivity contribution is -0.140. The van der Waals surface area contributed by atoms with Crippen LogP contribution in [0.5, 0.6) is 0 Å². The number of nitrogens with one attached hydrogen (secondary N) is 2. The molecule has 0 unspecified atom stereocenters. The number of carboxylic acids is 3. The number of amides is 1. The second-order valence-electron chi connectivity index (χ2n) is 12.0. The number of carbonyl (C=O) groups is 6. The third kappa shape index (κ3) is 35.2. The van der Waals surface area contributed by atoms with Crippen molar-refractivity contribution in [1.29, 1.82) is 0 Å². The Labute approximate surface area is 306 Å². The number of aldehydes is 1. The van der Waals surface area contributed by atoms with Gasteiger partial charge in [0.05, 0.1) is 26.2 Å². The summed E-state index contributed by atoms with van der Waals surface area (Å²) in [5, 5.41) is 34.0. The van der Waals surface area contributed by atoms with Gasteiger partial charge in [0.1, 0.15) is 12.1 Å². The minimum absolute atomic E-state index is 0.0683. The van der Waals surface area contributed by atoms with E-state index in [-0.39, 0.29) is 38.1 Å². The monoisotopic (exact) mass is 734 g/mol. The first-order valence-corrected chi connectivity index (χ1v) is 18.4. The summed E-state index contributed by atoms with van der Waals surface area (Å²) in [6.45, 7) is 10.9. The Morgan fingerprint density at radius 3 is 1.33 bits per heavy atom. The Kier molecular flexibility index (Phi) is 37.7. The van der Waals surface area contributed by atoms with Gasteiger partial charge in [-0.1, -0.05) is 39.5 Å². The average Bonchev–Trinajstić information content (AvgIpc) is 3.08. The summed E-state index contributed by atoms with van der Waals surface area (Å²) in [5.41, 5.74) is 4.50. The smallest absolute Gasteiger partial charge is 0.317 e. The van der Waals surface area contributed by atoms with Crippen molar-refractivity contribution in [3.05, 3.63) is 0 Å². The molecule has 2 fully saturated rings. The van der Waals surface area contributed by atoms with Crippen molar-refractivity contribution in [2.24, 2.45) is 5.73 Å². The number of Topliss-reactive ketones (excluding diaryl/α,β-unsaturated/α-hetero) is 1. The Hall–Kier alpha value is -3.02. The molecule has 1 heterocycles. The number of carbonyl (C=O) groups excluding carboxylic acids is 3. The molecule has 0 aromatic rings. The molecular weight excluding hydrogens is 662 g/mol. The van der Waals surface area contributed by atoms with E-state index in [1.54, 1.807) is 21.6 Å². The number of ketones is 1. The average molecular weight is 734 g/mol. The lowest BCUT2D eigenvalue weighted by atomic mass is 9.95. The van der Waals surface area contributed by atoms with Crippen molar-refractivity contribution in [3.63, 3.8) is 0 Å². The first-order chi connectivity index (χ1) is 24.4. The van der Waals surface area contributed by atoms with Gasteiger partial charge in [0.25, 0.3) is 0 Å². The number of hydrogen-bond acceptors (Lipinski definition) is 12. The molecule has 7 N–H and O–H groups in total.